The van der Waals surface area contributed by atoms with E-state index in [-0.39, 0.29) is 11.1 Å². The van der Waals surface area contributed by atoms with Crippen molar-refractivity contribution in [2.45, 2.75) is 20.2 Å². The van der Waals surface area contributed by atoms with E-state index in [0.29, 0.717) is 0 Å². The van der Waals surface area contributed by atoms with Gasteiger partial charge in [-0.1, -0.05) is 0 Å². The third-order valence-electron chi connectivity index (χ3n) is 1.92. The number of nitro groups is 1. The highest BCUT2D eigenvalue weighted by Crippen LogP contribution is 2.31. The van der Waals surface area contributed by atoms with Crippen LogP contribution in [0.4, 0.5) is 18.9 Å². The molecule has 1 rings (SSSR count). The van der Waals surface area contributed by atoms with Gasteiger partial charge in [0.1, 0.15) is 5.75 Å². The molecule has 0 atom stereocenters. The van der Waals surface area contributed by atoms with E-state index < -0.39 is 22.7 Å². The molecule has 88 valence electrons. The van der Waals surface area contributed by atoms with Crippen molar-refractivity contribution in [2.75, 3.05) is 0 Å². The molecule has 0 aliphatic rings. The monoisotopic (exact) mass is 235 g/mol. The molecule has 1 aromatic rings. The molecule has 0 aliphatic heterocycles. The molecule has 0 aliphatic carbocycles. The lowest BCUT2D eigenvalue weighted by molar-refractivity contribution is -0.385. The van der Waals surface area contributed by atoms with E-state index in [2.05, 4.69) is 4.74 Å². The molecule has 0 N–H and O–H groups in total. The van der Waals surface area contributed by atoms with E-state index in [1.165, 1.54) is 19.9 Å². The van der Waals surface area contributed by atoms with Crippen molar-refractivity contribution in [1.29, 1.82) is 0 Å². The fourth-order valence-corrected chi connectivity index (χ4v) is 1.25. The van der Waals surface area contributed by atoms with Crippen LogP contribution in [0.3, 0.4) is 0 Å². The number of ether oxygens (including phenoxy) is 1. The molecule has 0 heterocycles. The van der Waals surface area contributed by atoms with Crippen molar-refractivity contribution in [3.8, 4) is 5.75 Å². The maximum atomic E-state index is 12.0. The number of halogens is 3. The summed E-state index contributed by atoms with van der Waals surface area (Å²) in [5.74, 6) is -0.551. The number of hydrogen-bond acceptors (Lipinski definition) is 3. The van der Waals surface area contributed by atoms with Gasteiger partial charge in [0.05, 0.1) is 11.0 Å². The van der Waals surface area contributed by atoms with Gasteiger partial charge >= 0.3 is 6.36 Å². The molecular weight excluding hydrogens is 227 g/mol. The van der Waals surface area contributed by atoms with Crippen LogP contribution < -0.4 is 4.74 Å². The lowest BCUT2D eigenvalue weighted by atomic mass is 10.1. The van der Waals surface area contributed by atoms with Crippen molar-refractivity contribution < 1.29 is 22.8 Å². The SMILES string of the molecule is Cc1cc(C)c([N+](=O)[O-])cc1OC(F)(F)F. The van der Waals surface area contributed by atoms with E-state index in [4.69, 9.17) is 0 Å². The van der Waals surface area contributed by atoms with E-state index in [1.807, 2.05) is 0 Å². The predicted octanol–water partition coefficient (Wildman–Crippen LogP) is 3.11. The topological polar surface area (TPSA) is 52.4 Å². The lowest BCUT2D eigenvalue weighted by Gasteiger charge is -2.11. The van der Waals surface area contributed by atoms with Crippen LogP contribution in [0.15, 0.2) is 12.1 Å². The third-order valence-corrected chi connectivity index (χ3v) is 1.92. The Morgan fingerprint density at radius 3 is 2.25 bits per heavy atom. The van der Waals surface area contributed by atoms with Crippen LogP contribution >= 0.6 is 0 Å². The molecule has 0 aromatic heterocycles. The normalized spacial score (nSPS) is 11.3. The van der Waals surface area contributed by atoms with Gasteiger partial charge in [-0.3, -0.25) is 10.1 Å². The number of benzene rings is 1. The van der Waals surface area contributed by atoms with Gasteiger partial charge in [0.25, 0.3) is 5.69 Å². The number of rotatable bonds is 2. The van der Waals surface area contributed by atoms with E-state index in [9.17, 15) is 23.3 Å². The number of alkyl halides is 3. The highest BCUT2D eigenvalue weighted by Gasteiger charge is 2.32. The minimum absolute atomic E-state index is 0.195. The predicted molar refractivity (Wildman–Crippen MR) is 49.3 cm³/mol. The zero-order valence-electron chi connectivity index (χ0n) is 8.46. The molecule has 0 radical (unpaired) electrons. The average molecular weight is 235 g/mol. The zero-order valence-corrected chi connectivity index (χ0v) is 8.46. The first kappa shape index (κ1) is 12.3. The van der Waals surface area contributed by atoms with Crippen molar-refractivity contribution >= 4 is 5.69 Å². The second kappa shape index (κ2) is 3.99. The Balaban J connectivity index is 3.20. The average Bonchev–Trinajstić information content (AvgIpc) is 2.07. The minimum atomic E-state index is -4.85. The standard InChI is InChI=1S/C9H8F3NO3/c1-5-3-6(2)8(16-9(10,11)12)4-7(5)13(14)15/h3-4H,1-2H3. The molecule has 4 nitrogen and oxygen atoms in total. The first-order chi connectivity index (χ1) is 7.20. The molecule has 0 bridgehead atoms. The van der Waals surface area contributed by atoms with Gasteiger partial charge in [0, 0.05) is 5.56 Å². The minimum Gasteiger partial charge on any atom is -0.405 e. The van der Waals surface area contributed by atoms with Crippen molar-refractivity contribution in [3.63, 3.8) is 0 Å². The molecule has 0 unspecified atom stereocenters. The first-order valence-corrected chi connectivity index (χ1v) is 4.22. The summed E-state index contributed by atoms with van der Waals surface area (Å²) in [6, 6.07) is 2.05. The number of aryl methyl sites for hydroxylation is 2. The molecule has 0 saturated carbocycles. The Kier molecular flexibility index (Phi) is 3.06. The molecule has 1 aromatic carbocycles. The highest BCUT2D eigenvalue weighted by molar-refractivity contribution is 5.49. The molecule has 0 fully saturated rings. The maximum absolute atomic E-state index is 12.0. The van der Waals surface area contributed by atoms with Gasteiger partial charge in [0.15, 0.2) is 0 Å². The fraction of sp³-hybridized carbons (Fsp3) is 0.333. The highest BCUT2D eigenvalue weighted by atomic mass is 19.4. The Morgan fingerprint density at radius 2 is 1.81 bits per heavy atom. The summed E-state index contributed by atoms with van der Waals surface area (Å²) in [5, 5.41) is 10.5. The Labute approximate surface area is 88.8 Å². The van der Waals surface area contributed by atoms with Gasteiger partial charge in [0.2, 0.25) is 0 Å². The largest absolute Gasteiger partial charge is 0.573 e. The number of hydrogen-bond donors (Lipinski definition) is 0. The third kappa shape index (κ3) is 2.85. The van der Waals surface area contributed by atoms with Crippen molar-refractivity contribution in [1.82, 2.24) is 0 Å². The fourth-order valence-electron chi connectivity index (χ4n) is 1.25. The quantitative estimate of drug-likeness (QED) is 0.584. The van der Waals surface area contributed by atoms with Crippen molar-refractivity contribution in [3.05, 3.63) is 33.4 Å². The second-order valence-corrected chi connectivity index (χ2v) is 3.21. The van der Waals surface area contributed by atoms with Crippen molar-refractivity contribution in [2.24, 2.45) is 0 Å². The second-order valence-electron chi connectivity index (χ2n) is 3.21. The van der Waals surface area contributed by atoms with Crippen LogP contribution in [0.5, 0.6) is 5.75 Å². The van der Waals surface area contributed by atoms with Crippen LogP contribution in [0.1, 0.15) is 11.1 Å². The smallest absolute Gasteiger partial charge is 0.405 e. The van der Waals surface area contributed by atoms with Gasteiger partial charge in [-0.05, 0) is 25.5 Å². The summed E-state index contributed by atoms with van der Waals surface area (Å²) in [7, 11) is 0. The summed E-state index contributed by atoms with van der Waals surface area (Å²) in [6.07, 6.45) is -4.85. The van der Waals surface area contributed by atoms with E-state index in [0.717, 1.165) is 6.07 Å². The van der Waals surface area contributed by atoms with Crippen LogP contribution in [0, 0.1) is 24.0 Å². The van der Waals surface area contributed by atoms with E-state index >= 15 is 0 Å². The maximum Gasteiger partial charge on any atom is 0.573 e. The van der Waals surface area contributed by atoms with E-state index in [1.54, 1.807) is 0 Å². The van der Waals surface area contributed by atoms with Crippen LogP contribution in [-0.2, 0) is 0 Å². The molecule has 0 amide bonds. The molecule has 7 heteroatoms. The van der Waals surface area contributed by atoms with Gasteiger partial charge < -0.3 is 4.74 Å². The molecule has 16 heavy (non-hydrogen) atoms. The Hall–Kier alpha value is -1.79. The molecule has 0 saturated heterocycles. The number of nitrogens with zero attached hydrogens (tertiary/aromatic N) is 1. The van der Waals surface area contributed by atoms with Gasteiger partial charge in [-0.15, -0.1) is 13.2 Å². The summed E-state index contributed by atoms with van der Waals surface area (Å²) in [4.78, 5) is 9.77. The molecule has 0 spiro atoms. The number of nitro benzene ring substituents is 1. The summed E-state index contributed by atoms with van der Waals surface area (Å²) in [6.45, 7) is 2.83. The summed E-state index contributed by atoms with van der Waals surface area (Å²) < 4.78 is 39.6. The van der Waals surface area contributed by atoms with Gasteiger partial charge in [-0.2, -0.15) is 0 Å². The van der Waals surface area contributed by atoms with Gasteiger partial charge in [-0.25, -0.2) is 0 Å². The zero-order chi connectivity index (χ0) is 12.5. The Morgan fingerprint density at radius 1 is 1.25 bits per heavy atom. The summed E-state index contributed by atoms with van der Waals surface area (Å²) in [5.41, 5.74) is 0.0855. The van der Waals surface area contributed by atoms with Crippen LogP contribution in [0.2, 0.25) is 0 Å². The summed E-state index contributed by atoms with van der Waals surface area (Å²) >= 11 is 0. The first-order valence-electron chi connectivity index (χ1n) is 4.22. The van der Waals surface area contributed by atoms with Crippen LogP contribution in [-0.4, -0.2) is 11.3 Å². The lowest BCUT2D eigenvalue weighted by Crippen LogP contribution is -2.18. The Bertz CT molecular complexity index is 429. The molecular formula is C9H8F3NO3. The van der Waals surface area contributed by atoms with Crippen LogP contribution in [0.25, 0.3) is 0 Å².